The first-order chi connectivity index (χ1) is 11.2. The van der Waals surface area contributed by atoms with Gasteiger partial charge < -0.3 is 0 Å². The number of aryl methyl sites for hydroxylation is 2. The molecule has 116 valence electrons. The van der Waals surface area contributed by atoms with E-state index in [9.17, 15) is 0 Å². The summed E-state index contributed by atoms with van der Waals surface area (Å²) in [6.45, 7) is 4.14. The van der Waals surface area contributed by atoms with Crippen molar-refractivity contribution in [3.63, 3.8) is 0 Å². The van der Waals surface area contributed by atoms with Crippen LogP contribution in [0.5, 0.6) is 0 Å². The number of tetrazole rings is 1. The third-order valence-corrected chi connectivity index (χ3v) is 4.32. The van der Waals surface area contributed by atoms with Gasteiger partial charge in [-0.3, -0.25) is 0 Å². The molecule has 5 heteroatoms. The molecular formula is C18H18N4S. The number of nitrogens with zero attached hydrogens (tertiary/aromatic N) is 4. The van der Waals surface area contributed by atoms with Crippen LogP contribution in [0.15, 0.2) is 59.8 Å². The average molecular weight is 322 g/mol. The molecule has 23 heavy (non-hydrogen) atoms. The number of thioether (sulfide) groups is 1. The monoisotopic (exact) mass is 322 g/mol. The lowest BCUT2D eigenvalue weighted by molar-refractivity contribution is 0.751. The Balaban J connectivity index is 1.72. The highest BCUT2D eigenvalue weighted by Gasteiger charge is 2.10. The normalized spacial score (nSPS) is 11.2. The molecule has 0 amide bonds. The van der Waals surface area contributed by atoms with Gasteiger partial charge in [0, 0.05) is 5.75 Å². The molecule has 0 spiro atoms. The Morgan fingerprint density at radius 3 is 2.74 bits per heavy atom. The molecule has 0 unspecified atom stereocenters. The molecule has 1 aromatic heterocycles. The molecule has 0 aliphatic heterocycles. The highest BCUT2D eigenvalue weighted by Crippen LogP contribution is 2.21. The standard InChI is InChI=1S/C18H18N4S/c1-14-10-11-15(2)17(13-14)22-18(19-20-21-22)23-12-6-9-16-7-4-3-5-8-16/h3-11,13H,12H2,1-2H3/b9-6+. The van der Waals surface area contributed by atoms with E-state index in [0.29, 0.717) is 0 Å². The molecule has 0 saturated heterocycles. The lowest BCUT2D eigenvalue weighted by Gasteiger charge is -2.07. The van der Waals surface area contributed by atoms with Crippen molar-refractivity contribution in [3.8, 4) is 5.69 Å². The van der Waals surface area contributed by atoms with Crippen molar-refractivity contribution < 1.29 is 0 Å². The van der Waals surface area contributed by atoms with Gasteiger partial charge in [-0.2, -0.15) is 4.68 Å². The second kappa shape index (κ2) is 7.24. The van der Waals surface area contributed by atoms with Gasteiger partial charge in [-0.1, -0.05) is 66.4 Å². The Morgan fingerprint density at radius 1 is 1.09 bits per heavy atom. The van der Waals surface area contributed by atoms with Gasteiger partial charge in [0.2, 0.25) is 5.16 Å². The Labute approximate surface area is 140 Å². The Hall–Kier alpha value is -2.40. The second-order valence-electron chi connectivity index (χ2n) is 5.29. The van der Waals surface area contributed by atoms with Gasteiger partial charge in [0.1, 0.15) is 0 Å². The van der Waals surface area contributed by atoms with Gasteiger partial charge in [0.15, 0.2) is 0 Å². The van der Waals surface area contributed by atoms with Crippen molar-refractivity contribution in [2.24, 2.45) is 0 Å². The fourth-order valence-corrected chi connectivity index (χ4v) is 2.93. The van der Waals surface area contributed by atoms with Gasteiger partial charge in [0.25, 0.3) is 0 Å². The van der Waals surface area contributed by atoms with Crippen LogP contribution in [-0.2, 0) is 0 Å². The zero-order valence-corrected chi connectivity index (χ0v) is 14.0. The Morgan fingerprint density at radius 2 is 1.91 bits per heavy atom. The smallest absolute Gasteiger partial charge is 0.187 e. The van der Waals surface area contributed by atoms with E-state index < -0.39 is 0 Å². The van der Waals surface area contributed by atoms with Crippen LogP contribution in [0.25, 0.3) is 11.8 Å². The summed E-state index contributed by atoms with van der Waals surface area (Å²) in [5.41, 5.74) is 4.58. The van der Waals surface area contributed by atoms with E-state index in [1.807, 2.05) is 22.9 Å². The molecule has 3 aromatic rings. The molecule has 1 heterocycles. The van der Waals surface area contributed by atoms with E-state index in [2.05, 4.69) is 71.9 Å². The van der Waals surface area contributed by atoms with Crippen LogP contribution >= 0.6 is 11.8 Å². The second-order valence-corrected chi connectivity index (χ2v) is 6.27. The first-order valence-corrected chi connectivity index (χ1v) is 8.43. The minimum atomic E-state index is 0.802. The quantitative estimate of drug-likeness (QED) is 0.664. The highest BCUT2D eigenvalue weighted by molar-refractivity contribution is 7.99. The van der Waals surface area contributed by atoms with Crippen molar-refractivity contribution in [1.29, 1.82) is 0 Å². The predicted molar refractivity (Wildman–Crippen MR) is 94.8 cm³/mol. The maximum absolute atomic E-state index is 4.14. The molecule has 0 aliphatic rings. The van der Waals surface area contributed by atoms with Crippen LogP contribution in [0, 0.1) is 13.8 Å². The van der Waals surface area contributed by atoms with Gasteiger partial charge in [-0.05, 0) is 47.0 Å². The van der Waals surface area contributed by atoms with E-state index >= 15 is 0 Å². The average Bonchev–Trinajstić information content (AvgIpc) is 3.03. The predicted octanol–water partition coefficient (Wildman–Crippen LogP) is 4.08. The Kier molecular flexibility index (Phi) is 4.88. The van der Waals surface area contributed by atoms with Crippen LogP contribution in [0.4, 0.5) is 0 Å². The molecule has 3 rings (SSSR count). The minimum absolute atomic E-state index is 0.802. The minimum Gasteiger partial charge on any atom is -0.187 e. The topological polar surface area (TPSA) is 43.6 Å². The van der Waals surface area contributed by atoms with Crippen LogP contribution < -0.4 is 0 Å². The molecule has 4 nitrogen and oxygen atoms in total. The van der Waals surface area contributed by atoms with Crippen LogP contribution in [0.2, 0.25) is 0 Å². The lowest BCUT2D eigenvalue weighted by atomic mass is 10.1. The highest BCUT2D eigenvalue weighted by atomic mass is 32.2. The third-order valence-electron chi connectivity index (χ3n) is 3.45. The summed E-state index contributed by atoms with van der Waals surface area (Å²) in [5, 5.41) is 12.9. The molecule has 0 fully saturated rings. The number of hydrogen-bond acceptors (Lipinski definition) is 4. The van der Waals surface area contributed by atoms with E-state index in [0.717, 1.165) is 22.2 Å². The molecule has 0 bridgehead atoms. The maximum Gasteiger partial charge on any atom is 0.214 e. The molecule has 0 N–H and O–H groups in total. The summed E-state index contributed by atoms with van der Waals surface area (Å²) in [5.74, 6) is 0.820. The molecule has 0 atom stereocenters. The molecule has 2 aromatic carbocycles. The van der Waals surface area contributed by atoms with Crippen molar-refractivity contribution in [2.75, 3.05) is 5.75 Å². The van der Waals surface area contributed by atoms with Gasteiger partial charge in [-0.25, -0.2) is 0 Å². The van der Waals surface area contributed by atoms with Gasteiger partial charge in [0.05, 0.1) is 5.69 Å². The van der Waals surface area contributed by atoms with Crippen LogP contribution in [0.3, 0.4) is 0 Å². The van der Waals surface area contributed by atoms with Gasteiger partial charge >= 0.3 is 0 Å². The van der Waals surface area contributed by atoms with E-state index in [1.54, 1.807) is 11.8 Å². The van der Waals surface area contributed by atoms with Crippen molar-refractivity contribution >= 4 is 17.8 Å². The summed E-state index contributed by atoms with van der Waals surface area (Å²) in [7, 11) is 0. The van der Waals surface area contributed by atoms with E-state index in [4.69, 9.17) is 0 Å². The summed E-state index contributed by atoms with van der Waals surface area (Å²) in [6.07, 6.45) is 4.24. The summed E-state index contributed by atoms with van der Waals surface area (Å²) >= 11 is 1.62. The first-order valence-electron chi connectivity index (χ1n) is 7.44. The number of rotatable bonds is 5. The third kappa shape index (κ3) is 3.87. The van der Waals surface area contributed by atoms with E-state index in [-0.39, 0.29) is 0 Å². The van der Waals surface area contributed by atoms with Crippen molar-refractivity contribution in [2.45, 2.75) is 19.0 Å². The fraction of sp³-hybridized carbons (Fsp3) is 0.167. The summed E-state index contributed by atoms with van der Waals surface area (Å²) < 4.78 is 1.81. The SMILES string of the molecule is Cc1ccc(C)c(-n2nnnc2SC/C=C/c2ccccc2)c1. The fourth-order valence-electron chi connectivity index (χ4n) is 2.24. The number of benzene rings is 2. The van der Waals surface area contributed by atoms with Crippen molar-refractivity contribution in [1.82, 2.24) is 20.2 Å². The Bertz CT molecular complexity index is 809. The van der Waals surface area contributed by atoms with Crippen LogP contribution in [0.1, 0.15) is 16.7 Å². The molecule has 0 saturated carbocycles. The maximum atomic E-state index is 4.14. The number of hydrogen-bond donors (Lipinski definition) is 0. The lowest BCUT2D eigenvalue weighted by Crippen LogP contribution is -2.02. The zero-order valence-electron chi connectivity index (χ0n) is 13.2. The van der Waals surface area contributed by atoms with Gasteiger partial charge in [-0.15, -0.1) is 5.10 Å². The van der Waals surface area contributed by atoms with Crippen molar-refractivity contribution in [3.05, 3.63) is 71.3 Å². The van der Waals surface area contributed by atoms with E-state index in [1.165, 1.54) is 11.1 Å². The summed E-state index contributed by atoms with van der Waals surface area (Å²) in [6, 6.07) is 16.6. The molecule has 0 aliphatic carbocycles. The molecule has 0 radical (unpaired) electrons. The summed E-state index contributed by atoms with van der Waals surface area (Å²) in [4.78, 5) is 0. The number of aromatic nitrogens is 4. The molecular weight excluding hydrogens is 304 g/mol. The van der Waals surface area contributed by atoms with Crippen LogP contribution in [-0.4, -0.2) is 26.0 Å². The largest absolute Gasteiger partial charge is 0.214 e. The first kappa shape index (κ1) is 15.5. The zero-order chi connectivity index (χ0) is 16.1.